The van der Waals surface area contributed by atoms with Crippen LogP contribution in [-0.2, 0) is 30.0 Å². The summed E-state index contributed by atoms with van der Waals surface area (Å²) in [5, 5.41) is 0. The Morgan fingerprint density at radius 2 is 1.36 bits per heavy atom. The van der Waals surface area contributed by atoms with Gasteiger partial charge in [0.2, 0.25) is 0 Å². The normalized spacial score (nSPS) is 10.0. The molecule has 4 nitrogen and oxygen atoms in total. The van der Waals surface area contributed by atoms with E-state index in [1.54, 1.807) is 0 Å². The van der Waals surface area contributed by atoms with E-state index in [0.29, 0.717) is 12.8 Å². The molecule has 5 heteroatoms. The topological polar surface area (TPSA) is 52.6 Å². The molecule has 0 amide bonds. The Kier molecular flexibility index (Phi) is 7.28. The average Bonchev–Trinajstić information content (AvgIpc) is 2.22. The fourth-order valence-corrected chi connectivity index (χ4v) is 2.06. The maximum atomic E-state index is 10.8. The molecule has 0 aromatic carbocycles. The van der Waals surface area contributed by atoms with Gasteiger partial charge in [0.1, 0.15) is 11.5 Å². The van der Waals surface area contributed by atoms with Crippen LogP contribution < -0.4 is 0 Å². The van der Waals surface area contributed by atoms with Crippen molar-refractivity contribution < 1.29 is 19.1 Å². The Bertz CT molecular complexity index is 173. The van der Waals surface area contributed by atoms with Gasteiger partial charge in [0, 0.05) is 0 Å². The van der Waals surface area contributed by atoms with Crippen LogP contribution in [-0.4, -0.2) is 43.9 Å². The van der Waals surface area contributed by atoms with Crippen molar-refractivity contribution in [2.24, 2.45) is 0 Å². The van der Waals surface area contributed by atoms with Crippen LogP contribution in [0.5, 0.6) is 0 Å². The molecule has 82 valence electrons. The Hall–Kier alpha value is -0.710. The van der Waals surface area contributed by atoms with Crippen LogP contribution in [0.1, 0.15) is 12.8 Å². The van der Waals surface area contributed by atoms with Crippen molar-refractivity contribution in [2.45, 2.75) is 12.8 Å². The van der Waals surface area contributed by atoms with E-state index in [1.165, 1.54) is 14.2 Å². The predicted octanol–water partition coefficient (Wildman–Crippen LogP) is 0.361. The zero-order valence-electron chi connectivity index (χ0n) is 8.87. The summed E-state index contributed by atoms with van der Waals surface area (Å²) < 4.78 is 9.04. The highest BCUT2D eigenvalue weighted by Crippen LogP contribution is 1.99. The number of carbonyl (C=O) groups excluding carboxylic acids is 2. The average molecular weight is 221 g/mol. The lowest BCUT2D eigenvalue weighted by molar-refractivity contribution is -0.140. The van der Waals surface area contributed by atoms with Gasteiger partial charge in [-0.15, -0.1) is 0 Å². The smallest absolute Gasteiger partial charge is 0.310 e. The molecule has 0 bridgehead atoms. The third kappa shape index (κ3) is 6.77. The number of ether oxygens (including phenoxy) is 2. The first-order valence-electron chi connectivity index (χ1n) is 4.33. The molecule has 0 fully saturated rings. The van der Waals surface area contributed by atoms with Crippen molar-refractivity contribution in [2.75, 3.05) is 32.0 Å². The van der Waals surface area contributed by atoms with Crippen LogP contribution in [0, 0.1) is 0 Å². The Morgan fingerprint density at radius 3 is 1.64 bits per heavy atom. The van der Waals surface area contributed by atoms with Gasteiger partial charge in [-0.05, 0) is 10.9 Å². The first-order valence-corrected chi connectivity index (χ1v) is 6.30. The molecule has 0 aromatic heterocycles. The van der Waals surface area contributed by atoms with Crippen molar-refractivity contribution in [3.63, 3.8) is 0 Å². The van der Waals surface area contributed by atoms with Gasteiger partial charge >= 0.3 is 11.9 Å². The highest BCUT2D eigenvalue weighted by molar-refractivity contribution is 7.96. The minimum absolute atomic E-state index is 0.0840. The van der Waals surface area contributed by atoms with E-state index in [9.17, 15) is 9.59 Å². The second kappa shape index (κ2) is 7.67. The Balaban J connectivity index is 3.50. The summed E-state index contributed by atoms with van der Waals surface area (Å²) in [5.41, 5.74) is 0. The highest BCUT2D eigenvalue weighted by Gasteiger charge is 2.16. The minimum Gasteiger partial charge on any atom is -0.469 e. The number of hydrogen-bond acceptors (Lipinski definition) is 4. The van der Waals surface area contributed by atoms with Gasteiger partial charge in [-0.3, -0.25) is 9.59 Å². The molecular weight excluding hydrogens is 204 g/mol. The first-order chi connectivity index (χ1) is 6.60. The minimum atomic E-state index is -0.192. The third-order valence-corrected chi connectivity index (χ3v) is 3.57. The molecule has 0 heterocycles. The van der Waals surface area contributed by atoms with E-state index in [4.69, 9.17) is 0 Å². The van der Waals surface area contributed by atoms with Gasteiger partial charge in [0.25, 0.3) is 0 Å². The third-order valence-electron chi connectivity index (χ3n) is 1.76. The van der Waals surface area contributed by atoms with Crippen molar-refractivity contribution in [1.29, 1.82) is 0 Å². The molecule has 14 heavy (non-hydrogen) atoms. The molecule has 0 spiro atoms. The summed E-state index contributed by atoms with van der Waals surface area (Å²) in [4.78, 5) is 21.6. The van der Waals surface area contributed by atoms with Gasteiger partial charge < -0.3 is 9.47 Å². The van der Waals surface area contributed by atoms with Crippen LogP contribution in [0.3, 0.4) is 0 Å². The molecule has 0 N–H and O–H groups in total. The van der Waals surface area contributed by atoms with Crippen molar-refractivity contribution in [1.82, 2.24) is 0 Å². The maximum absolute atomic E-state index is 10.8. The highest BCUT2D eigenvalue weighted by atomic mass is 32.2. The molecule has 0 rings (SSSR count). The van der Waals surface area contributed by atoms with E-state index in [0.717, 1.165) is 11.5 Å². The van der Waals surface area contributed by atoms with Gasteiger partial charge in [-0.25, -0.2) is 0 Å². The second-order valence-electron chi connectivity index (χ2n) is 2.84. The lowest BCUT2D eigenvalue weighted by Crippen LogP contribution is -2.17. The Morgan fingerprint density at radius 1 is 1.00 bits per heavy atom. The SMILES string of the molecule is COC(=O)CC[S+](C)CCC(=O)OC. The quantitative estimate of drug-likeness (QED) is 0.480. The number of hydrogen-bond donors (Lipinski definition) is 0. The number of esters is 2. The van der Waals surface area contributed by atoms with Crippen LogP contribution in [0.15, 0.2) is 0 Å². The molecule has 0 saturated carbocycles. The first kappa shape index (κ1) is 13.3. The molecule has 0 atom stereocenters. The van der Waals surface area contributed by atoms with E-state index in [-0.39, 0.29) is 22.8 Å². The zero-order valence-corrected chi connectivity index (χ0v) is 9.69. The van der Waals surface area contributed by atoms with E-state index in [1.807, 2.05) is 6.26 Å². The molecule has 0 aliphatic carbocycles. The van der Waals surface area contributed by atoms with Gasteiger partial charge in [-0.2, -0.15) is 0 Å². The molecule has 0 saturated heterocycles. The molecule has 0 aliphatic heterocycles. The standard InChI is InChI=1S/C9H17O4S/c1-12-8(10)4-6-14(3)7-5-9(11)13-2/h4-7H2,1-3H3/q+1. The van der Waals surface area contributed by atoms with Crippen LogP contribution >= 0.6 is 0 Å². The summed E-state index contributed by atoms with van der Waals surface area (Å²) in [6.45, 7) is 0. The van der Waals surface area contributed by atoms with Gasteiger partial charge in [-0.1, -0.05) is 0 Å². The Labute approximate surface area is 87.3 Å². The molecule has 0 aliphatic rings. The number of rotatable bonds is 6. The van der Waals surface area contributed by atoms with Gasteiger partial charge in [0.15, 0.2) is 0 Å². The fourth-order valence-electron chi connectivity index (χ4n) is 0.821. The van der Waals surface area contributed by atoms with Crippen LogP contribution in [0.4, 0.5) is 0 Å². The molecule has 0 radical (unpaired) electrons. The second-order valence-corrected chi connectivity index (χ2v) is 5.22. The number of carbonyl (C=O) groups is 2. The molecule has 0 aromatic rings. The summed E-state index contributed by atoms with van der Waals surface area (Å²) in [7, 11) is 2.84. The molecule has 0 unspecified atom stereocenters. The van der Waals surface area contributed by atoms with E-state index in [2.05, 4.69) is 9.47 Å². The van der Waals surface area contributed by atoms with Crippen LogP contribution in [0.25, 0.3) is 0 Å². The number of methoxy groups -OCH3 is 2. The van der Waals surface area contributed by atoms with Crippen molar-refractivity contribution in [3.8, 4) is 0 Å². The monoisotopic (exact) mass is 221 g/mol. The van der Waals surface area contributed by atoms with Crippen molar-refractivity contribution >= 4 is 22.8 Å². The summed E-state index contributed by atoms with van der Waals surface area (Å²) in [5.74, 6) is 1.18. The van der Waals surface area contributed by atoms with Crippen LogP contribution in [0.2, 0.25) is 0 Å². The summed E-state index contributed by atoms with van der Waals surface area (Å²) in [6, 6.07) is 0. The lowest BCUT2D eigenvalue weighted by Gasteiger charge is -2.02. The summed E-state index contributed by atoms with van der Waals surface area (Å²) >= 11 is 0. The summed E-state index contributed by atoms with van der Waals surface area (Å²) in [6.07, 6.45) is 2.89. The maximum Gasteiger partial charge on any atom is 0.310 e. The van der Waals surface area contributed by atoms with E-state index < -0.39 is 0 Å². The van der Waals surface area contributed by atoms with Crippen molar-refractivity contribution in [3.05, 3.63) is 0 Å². The predicted molar refractivity (Wildman–Crippen MR) is 56.3 cm³/mol. The van der Waals surface area contributed by atoms with Gasteiger partial charge in [0.05, 0.1) is 33.3 Å². The zero-order chi connectivity index (χ0) is 11.0. The fraction of sp³-hybridized carbons (Fsp3) is 0.778. The largest absolute Gasteiger partial charge is 0.469 e. The van der Waals surface area contributed by atoms with E-state index >= 15 is 0 Å². The molecular formula is C9H17O4S+. The lowest BCUT2D eigenvalue weighted by atomic mass is 10.5.